The molecule has 0 spiro atoms. The lowest BCUT2D eigenvalue weighted by atomic mass is 9.94. The summed E-state index contributed by atoms with van der Waals surface area (Å²) in [4.78, 5) is 0. The second-order valence-corrected chi connectivity index (χ2v) is 5.52. The number of para-hydroxylation sites is 2. The molecule has 1 aliphatic heterocycles. The van der Waals surface area contributed by atoms with Gasteiger partial charge in [0.15, 0.2) is 0 Å². The van der Waals surface area contributed by atoms with Crippen LogP contribution in [0, 0.1) is 0 Å². The van der Waals surface area contributed by atoms with Crippen LogP contribution in [-0.4, -0.2) is 0 Å². The fourth-order valence-corrected chi connectivity index (χ4v) is 2.97. The van der Waals surface area contributed by atoms with Gasteiger partial charge in [0.05, 0.1) is 0 Å². The Hall–Kier alpha value is -2.54. The molecule has 21 heavy (non-hydrogen) atoms. The Morgan fingerprint density at radius 3 is 2.14 bits per heavy atom. The van der Waals surface area contributed by atoms with Crippen LogP contribution in [0.3, 0.4) is 0 Å². The van der Waals surface area contributed by atoms with E-state index in [1.807, 2.05) is 24.3 Å². The molecular formula is C20H16O. The van der Waals surface area contributed by atoms with Crippen molar-refractivity contribution in [3.8, 4) is 11.5 Å². The Kier molecular flexibility index (Phi) is 2.78. The van der Waals surface area contributed by atoms with Crippen LogP contribution in [0.15, 0.2) is 72.3 Å². The average Bonchev–Trinajstić information content (AvgIpc) is 2.76. The van der Waals surface area contributed by atoms with Gasteiger partial charge in [-0.2, -0.15) is 0 Å². The summed E-state index contributed by atoms with van der Waals surface area (Å²) in [7, 11) is 0. The lowest BCUT2D eigenvalue weighted by molar-refractivity contribution is 0.481. The van der Waals surface area contributed by atoms with Crippen LogP contribution < -0.4 is 4.74 Å². The van der Waals surface area contributed by atoms with Crippen molar-refractivity contribution in [1.29, 1.82) is 0 Å². The maximum atomic E-state index is 6.17. The molecule has 0 N–H and O–H groups in total. The minimum atomic E-state index is 0.924. The molecule has 0 saturated heterocycles. The highest BCUT2D eigenvalue weighted by molar-refractivity contribution is 6.03. The van der Waals surface area contributed by atoms with Crippen LogP contribution in [0.2, 0.25) is 0 Å². The Bertz CT molecular complexity index is 806. The van der Waals surface area contributed by atoms with E-state index in [1.165, 1.54) is 16.7 Å². The summed E-state index contributed by atoms with van der Waals surface area (Å²) in [6, 6.07) is 16.5. The molecule has 0 radical (unpaired) electrons. The highest BCUT2D eigenvalue weighted by Gasteiger charge is 2.21. The molecule has 0 bridgehead atoms. The van der Waals surface area contributed by atoms with Crippen molar-refractivity contribution < 1.29 is 4.74 Å². The zero-order valence-electron chi connectivity index (χ0n) is 12.0. The molecule has 0 aromatic heterocycles. The predicted octanol–water partition coefficient (Wildman–Crippen LogP) is 5.61. The van der Waals surface area contributed by atoms with Crippen molar-refractivity contribution in [3.63, 3.8) is 0 Å². The first-order valence-corrected chi connectivity index (χ1v) is 7.27. The molecule has 4 rings (SSSR count). The summed E-state index contributed by atoms with van der Waals surface area (Å²) in [5, 5.41) is 0. The summed E-state index contributed by atoms with van der Waals surface area (Å²) < 4.78 is 6.17. The number of benzene rings is 2. The van der Waals surface area contributed by atoms with Crippen molar-refractivity contribution in [1.82, 2.24) is 0 Å². The summed E-state index contributed by atoms with van der Waals surface area (Å²) in [6.45, 7) is 2.18. The van der Waals surface area contributed by atoms with Crippen molar-refractivity contribution in [2.45, 2.75) is 13.3 Å². The topological polar surface area (TPSA) is 9.23 Å². The van der Waals surface area contributed by atoms with Gasteiger partial charge in [-0.3, -0.25) is 0 Å². The molecule has 0 saturated carbocycles. The summed E-state index contributed by atoms with van der Waals surface area (Å²) in [5.74, 6) is 1.85. The normalized spacial score (nSPS) is 16.0. The van der Waals surface area contributed by atoms with Crippen molar-refractivity contribution in [2.24, 2.45) is 0 Å². The molecular weight excluding hydrogens is 256 g/mol. The summed E-state index contributed by atoms with van der Waals surface area (Å²) >= 11 is 0. The van der Waals surface area contributed by atoms with Gasteiger partial charge in [-0.15, -0.1) is 0 Å². The highest BCUT2D eigenvalue weighted by Crippen LogP contribution is 2.44. The van der Waals surface area contributed by atoms with Crippen LogP contribution in [-0.2, 0) is 0 Å². The minimum absolute atomic E-state index is 0.924. The number of ether oxygens (including phenoxy) is 1. The van der Waals surface area contributed by atoms with Crippen molar-refractivity contribution in [3.05, 3.63) is 83.5 Å². The van der Waals surface area contributed by atoms with Crippen LogP contribution in [0.5, 0.6) is 11.5 Å². The minimum Gasteiger partial charge on any atom is -0.456 e. The van der Waals surface area contributed by atoms with E-state index in [9.17, 15) is 0 Å². The lowest BCUT2D eigenvalue weighted by Gasteiger charge is -2.09. The van der Waals surface area contributed by atoms with Crippen LogP contribution in [0.4, 0.5) is 0 Å². The zero-order chi connectivity index (χ0) is 14.2. The molecule has 2 aliphatic rings. The molecule has 1 aliphatic carbocycles. The van der Waals surface area contributed by atoms with Crippen LogP contribution >= 0.6 is 0 Å². The molecule has 0 atom stereocenters. The van der Waals surface area contributed by atoms with Crippen LogP contribution in [0.1, 0.15) is 24.5 Å². The second kappa shape index (κ2) is 4.78. The average molecular weight is 272 g/mol. The molecule has 102 valence electrons. The first-order chi connectivity index (χ1) is 10.3. The third-order valence-corrected chi connectivity index (χ3v) is 3.98. The van der Waals surface area contributed by atoms with Gasteiger partial charge in [0.1, 0.15) is 11.5 Å². The number of allylic oxidation sites excluding steroid dienone is 6. The molecule has 0 fully saturated rings. The maximum absolute atomic E-state index is 6.17. The van der Waals surface area contributed by atoms with E-state index in [-0.39, 0.29) is 0 Å². The molecule has 0 unspecified atom stereocenters. The Balaban J connectivity index is 2.10. The molecule has 1 heterocycles. The zero-order valence-corrected chi connectivity index (χ0v) is 12.0. The van der Waals surface area contributed by atoms with Gasteiger partial charge < -0.3 is 4.74 Å². The van der Waals surface area contributed by atoms with Gasteiger partial charge in [0.2, 0.25) is 0 Å². The number of hydrogen-bond donors (Lipinski definition) is 0. The van der Waals surface area contributed by atoms with E-state index in [0.717, 1.165) is 29.0 Å². The van der Waals surface area contributed by atoms with Gasteiger partial charge >= 0.3 is 0 Å². The number of hydrogen-bond acceptors (Lipinski definition) is 1. The fraction of sp³-hybridized carbons (Fsp3) is 0.100. The Morgan fingerprint density at radius 1 is 0.810 bits per heavy atom. The number of fused-ring (bicyclic) bond motifs is 4. The third-order valence-electron chi connectivity index (χ3n) is 3.98. The largest absolute Gasteiger partial charge is 0.456 e. The number of rotatable bonds is 0. The maximum Gasteiger partial charge on any atom is 0.135 e. The smallest absolute Gasteiger partial charge is 0.135 e. The molecule has 0 amide bonds. The van der Waals surface area contributed by atoms with E-state index in [4.69, 9.17) is 4.74 Å². The predicted molar refractivity (Wildman–Crippen MR) is 87.3 cm³/mol. The highest BCUT2D eigenvalue weighted by atomic mass is 16.5. The monoisotopic (exact) mass is 272 g/mol. The third kappa shape index (κ3) is 2.02. The quantitative estimate of drug-likeness (QED) is 0.605. The van der Waals surface area contributed by atoms with Crippen LogP contribution in [0.25, 0.3) is 11.1 Å². The first-order valence-electron chi connectivity index (χ1n) is 7.27. The van der Waals surface area contributed by atoms with E-state index >= 15 is 0 Å². The van der Waals surface area contributed by atoms with E-state index in [0.29, 0.717) is 0 Å². The van der Waals surface area contributed by atoms with Gasteiger partial charge in [0.25, 0.3) is 0 Å². The SMILES string of the molecule is CC1=CC2=C(C=CC1)c1ccccc1Oc1ccccc12. The van der Waals surface area contributed by atoms with Gasteiger partial charge in [-0.25, -0.2) is 0 Å². The Morgan fingerprint density at radius 2 is 1.43 bits per heavy atom. The molecule has 2 aromatic rings. The Labute approximate surface area is 124 Å². The molecule has 1 nitrogen and oxygen atoms in total. The standard InChI is InChI=1S/C20H16O/c1-14-7-6-10-15-16-8-2-4-11-19(16)21-20-12-5-3-9-17(20)18(15)13-14/h2-6,8-13H,7H2,1H3. The first kappa shape index (κ1) is 12.2. The molecule has 1 heteroatoms. The van der Waals surface area contributed by atoms with Gasteiger partial charge in [-0.1, -0.05) is 60.2 Å². The van der Waals surface area contributed by atoms with E-state index in [1.54, 1.807) is 0 Å². The van der Waals surface area contributed by atoms with Crippen molar-refractivity contribution >= 4 is 11.1 Å². The van der Waals surface area contributed by atoms with E-state index in [2.05, 4.69) is 49.4 Å². The van der Waals surface area contributed by atoms with Gasteiger partial charge in [0, 0.05) is 11.1 Å². The second-order valence-electron chi connectivity index (χ2n) is 5.52. The van der Waals surface area contributed by atoms with Gasteiger partial charge in [-0.05, 0) is 36.6 Å². The van der Waals surface area contributed by atoms with Crippen molar-refractivity contribution in [2.75, 3.05) is 0 Å². The van der Waals surface area contributed by atoms with E-state index < -0.39 is 0 Å². The molecule has 2 aromatic carbocycles. The lowest BCUT2D eigenvalue weighted by Crippen LogP contribution is -1.88. The summed E-state index contributed by atoms with van der Waals surface area (Å²) in [6.07, 6.45) is 7.75. The fourth-order valence-electron chi connectivity index (χ4n) is 2.97. The summed E-state index contributed by atoms with van der Waals surface area (Å²) in [5.41, 5.74) is 6.18.